The van der Waals surface area contributed by atoms with Crippen molar-refractivity contribution in [2.75, 3.05) is 0 Å². The second kappa shape index (κ2) is 6.19. The van der Waals surface area contributed by atoms with Gasteiger partial charge in [-0.1, -0.05) is 62.7 Å². The predicted molar refractivity (Wildman–Crippen MR) is 89.5 cm³/mol. The first-order valence-corrected chi connectivity index (χ1v) is 8.30. The van der Waals surface area contributed by atoms with Gasteiger partial charge in [0.05, 0.1) is 6.10 Å². The molecule has 0 aliphatic heterocycles. The molecule has 4 atom stereocenters. The van der Waals surface area contributed by atoms with Crippen LogP contribution in [0.4, 0.5) is 0 Å². The molecule has 0 spiro atoms. The smallest absolute Gasteiger partial charge is 0.0571 e. The zero-order chi connectivity index (χ0) is 14.8. The van der Waals surface area contributed by atoms with E-state index in [9.17, 15) is 5.11 Å². The minimum absolute atomic E-state index is 0.100. The van der Waals surface area contributed by atoms with Crippen LogP contribution >= 0.6 is 0 Å². The normalized spacial score (nSPS) is 27.7. The van der Waals surface area contributed by atoms with Crippen LogP contribution in [0.2, 0.25) is 0 Å². The SMILES string of the molecule is CC1CCC(CC(C)c2ccc3ccccc3c2)C(O)C1. The number of fused-ring (bicyclic) bond motifs is 1. The predicted octanol–water partition coefficient (Wildman–Crippen LogP) is 5.13. The van der Waals surface area contributed by atoms with E-state index >= 15 is 0 Å². The molecule has 0 heterocycles. The maximum atomic E-state index is 10.3. The summed E-state index contributed by atoms with van der Waals surface area (Å²) < 4.78 is 0. The summed E-state index contributed by atoms with van der Waals surface area (Å²) in [5, 5.41) is 12.9. The van der Waals surface area contributed by atoms with Gasteiger partial charge in [0.1, 0.15) is 0 Å². The average molecular weight is 282 g/mol. The van der Waals surface area contributed by atoms with E-state index in [1.807, 2.05) is 0 Å². The van der Waals surface area contributed by atoms with E-state index in [0.29, 0.717) is 17.8 Å². The standard InChI is InChI=1S/C20H26O/c1-14-7-8-19(20(21)11-14)12-15(2)17-10-9-16-5-3-4-6-18(16)13-17/h3-6,9-10,13-15,19-21H,7-8,11-12H2,1-2H3. The molecule has 0 radical (unpaired) electrons. The van der Waals surface area contributed by atoms with E-state index < -0.39 is 0 Å². The molecule has 1 nitrogen and oxygen atoms in total. The number of aliphatic hydroxyl groups is 1. The van der Waals surface area contributed by atoms with E-state index in [0.717, 1.165) is 12.8 Å². The molecule has 1 heteroatoms. The van der Waals surface area contributed by atoms with Crippen LogP contribution in [0.25, 0.3) is 10.8 Å². The van der Waals surface area contributed by atoms with Gasteiger partial charge in [-0.05, 0) is 53.4 Å². The van der Waals surface area contributed by atoms with Gasteiger partial charge < -0.3 is 5.11 Å². The highest BCUT2D eigenvalue weighted by molar-refractivity contribution is 5.83. The Bertz CT molecular complexity index is 604. The van der Waals surface area contributed by atoms with Crippen molar-refractivity contribution in [1.82, 2.24) is 0 Å². The Morgan fingerprint density at radius 2 is 1.86 bits per heavy atom. The molecule has 2 aromatic rings. The summed E-state index contributed by atoms with van der Waals surface area (Å²) in [6, 6.07) is 15.3. The minimum atomic E-state index is -0.100. The van der Waals surface area contributed by atoms with E-state index in [2.05, 4.69) is 56.3 Å². The van der Waals surface area contributed by atoms with Gasteiger partial charge in [-0.15, -0.1) is 0 Å². The molecule has 2 aromatic carbocycles. The Hall–Kier alpha value is -1.34. The van der Waals surface area contributed by atoms with E-state index in [-0.39, 0.29) is 6.10 Å². The maximum Gasteiger partial charge on any atom is 0.0571 e. The molecular weight excluding hydrogens is 256 g/mol. The Morgan fingerprint density at radius 3 is 2.62 bits per heavy atom. The van der Waals surface area contributed by atoms with E-state index in [1.54, 1.807) is 0 Å². The summed E-state index contributed by atoms with van der Waals surface area (Å²) >= 11 is 0. The van der Waals surface area contributed by atoms with Crippen LogP contribution in [-0.2, 0) is 0 Å². The quantitative estimate of drug-likeness (QED) is 0.827. The van der Waals surface area contributed by atoms with Crippen LogP contribution in [0.3, 0.4) is 0 Å². The zero-order valence-electron chi connectivity index (χ0n) is 13.1. The van der Waals surface area contributed by atoms with Gasteiger partial charge in [-0.3, -0.25) is 0 Å². The Labute approximate surface area is 128 Å². The van der Waals surface area contributed by atoms with Crippen LogP contribution in [-0.4, -0.2) is 11.2 Å². The molecule has 1 aliphatic rings. The van der Waals surface area contributed by atoms with Gasteiger partial charge in [0.15, 0.2) is 0 Å². The fourth-order valence-corrected chi connectivity index (χ4v) is 3.79. The van der Waals surface area contributed by atoms with Crippen molar-refractivity contribution in [3.05, 3.63) is 48.0 Å². The molecule has 1 fully saturated rings. The zero-order valence-corrected chi connectivity index (χ0v) is 13.1. The number of rotatable bonds is 3. The Morgan fingerprint density at radius 1 is 1.10 bits per heavy atom. The first kappa shape index (κ1) is 14.6. The monoisotopic (exact) mass is 282 g/mol. The molecule has 3 rings (SSSR count). The lowest BCUT2D eigenvalue weighted by Crippen LogP contribution is -2.29. The fourth-order valence-electron chi connectivity index (χ4n) is 3.79. The van der Waals surface area contributed by atoms with Crippen molar-refractivity contribution < 1.29 is 5.11 Å². The van der Waals surface area contributed by atoms with Crippen molar-refractivity contribution in [1.29, 1.82) is 0 Å². The Balaban J connectivity index is 1.73. The van der Waals surface area contributed by atoms with Crippen LogP contribution in [0.1, 0.15) is 51.0 Å². The molecule has 1 N–H and O–H groups in total. The average Bonchev–Trinajstić information content (AvgIpc) is 2.49. The first-order chi connectivity index (χ1) is 10.1. The molecule has 4 unspecified atom stereocenters. The fraction of sp³-hybridized carbons (Fsp3) is 0.500. The van der Waals surface area contributed by atoms with Gasteiger partial charge in [-0.2, -0.15) is 0 Å². The van der Waals surface area contributed by atoms with Crippen LogP contribution in [0, 0.1) is 11.8 Å². The summed E-state index contributed by atoms with van der Waals surface area (Å²) in [6.45, 7) is 4.56. The van der Waals surface area contributed by atoms with Crippen molar-refractivity contribution in [2.24, 2.45) is 11.8 Å². The summed E-state index contributed by atoms with van der Waals surface area (Å²) in [5.74, 6) is 1.68. The van der Waals surface area contributed by atoms with Crippen molar-refractivity contribution in [2.45, 2.75) is 51.6 Å². The Kier molecular flexibility index (Phi) is 4.30. The van der Waals surface area contributed by atoms with Crippen molar-refractivity contribution in [3.63, 3.8) is 0 Å². The molecule has 0 bridgehead atoms. The second-order valence-electron chi connectivity index (χ2n) is 6.99. The molecule has 1 aliphatic carbocycles. The summed E-state index contributed by atoms with van der Waals surface area (Å²) in [7, 11) is 0. The number of benzene rings is 2. The van der Waals surface area contributed by atoms with Gasteiger partial charge in [0.2, 0.25) is 0 Å². The summed E-state index contributed by atoms with van der Waals surface area (Å²) in [5.41, 5.74) is 1.40. The van der Waals surface area contributed by atoms with Crippen molar-refractivity contribution >= 4 is 10.8 Å². The summed E-state index contributed by atoms with van der Waals surface area (Å²) in [6.07, 6.45) is 4.44. The molecule has 0 amide bonds. The topological polar surface area (TPSA) is 20.2 Å². The lowest BCUT2D eigenvalue weighted by Gasteiger charge is -2.33. The maximum absolute atomic E-state index is 10.3. The highest BCUT2D eigenvalue weighted by atomic mass is 16.3. The van der Waals surface area contributed by atoms with Crippen LogP contribution < -0.4 is 0 Å². The molecule has 0 aromatic heterocycles. The number of hydrogen-bond acceptors (Lipinski definition) is 1. The molecular formula is C20H26O. The van der Waals surface area contributed by atoms with Crippen LogP contribution in [0.5, 0.6) is 0 Å². The molecule has 112 valence electrons. The molecule has 21 heavy (non-hydrogen) atoms. The third kappa shape index (κ3) is 3.29. The molecule has 1 saturated carbocycles. The second-order valence-corrected chi connectivity index (χ2v) is 6.99. The van der Waals surface area contributed by atoms with Gasteiger partial charge in [0, 0.05) is 0 Å². The number of hydrogen-bond donors (Lipinski definition) is 1. The van der Waals surface area contributed by atoms with E-state index in [4.69, 9.17) is 0 Å². The largest absolute Gasteiger partial charge is 0.393 e. The highest BCUT2D eigenvalue weighted by Gasteiger charge is 2.28. The van der Waals surface area contributed by atoms with Gasteiger partial charge in [0.25, 0.3) is 0 Å². The van der Waals surface area contributed by atoms with Crippen molar-refractivity contribution in [3.8, 4) is 0 Å². The lowest BCUT2D eigenvalue weighted by molar-refractivity contribution is 0.0420. The highest BCUT2D eigenvalue weighted by Crippen LogP contribution is 2.36. The molecule has 0 saturated heterocycles. The minimum Gasteiger partial charge on any atom is -0.393 e. The first-order valence-electron chi connectivity index (χ1n) is 8.30. The lowest BCUT2D eigenvalue weighted by atomic mass is 9.76. The third-order valence-electron chi connectivity index (χ3n) is 5.22. The summed E-state index contributed by atoms with van der Waals surface area (Å²) in [4.78, 5) is 0. The van der Waals surface area contributed by atoms with Gasteiger partial charge in [-0.25, -0.2) is 0 Å². The third-order valence-corrected chi connectivity index (χ3v) is 5.22. The van der Waals surface area contributed by atoms with E-state index in [1.165, 1.54) is 29.2 Å². The van der Waals surface area contributed by atoms with Crippen LogP contribution in [0.15, 0.2) is 42.5 Å². The number of aliphatic hydroxyl groups excluding tert-OH is 1. The van der Waals surface area contributed by atoms with Gasteiger partial charge >= 0.3 is 0 Å².